The minimum Gasteiger partial charge on any atom is -0.393 e. The number of benzene rings is 2. The first-order chi connectivity index (χ1) is 13.4. The first-order valence-corrected chi connectivity index (χ1v) is 9.79. The molecule has 10 heteroatoms. The molecule has 0 spiro atoms. The Hall–Kier alpha value is -2.43. The lowest BCUT2D eigenvalue weighted by atomic mass is 9.99. The highest BCUT2D eigenvalue weighted by atomic mass is 32.2. The number of carbonyl (C=O) groups is 1. The van der Waals surface area contributed by atoms with Crippen molar-refractivity contribution in [2.24, 2.45) is 5.92 Å². The van der Waals surface area contributed by atoms with Gasteiger partial charge >= 0.3 is 22.3 Å². The van der Waals surface area contributed by atoms with Crippen molar-refractivity contribution in [3.8, 4) is 0 Å². The zero-order chi connectivity index (χ0) is 22.2. The van der Waals surface area contributed by atoms with E-state index in [0.29, 0.717) is 0 Å². The van der Waals surface area contributed by atoms with Gasteiger partial charge in [-0.05, 0) is 31.2 Å². The van der Waals surface area contributed by atoms with Gasteiger partial charge in [0, 0.05) is 5.92 Å². The van der Waals surface area contributed by atoms with Gasteiger partial charge in [0.25, 0.3) is 0 Å². The van der Waals surface area contributed by atoms with Crippen LogP contribution in [-0.4, -0.2) is 43.0 Å². The number of rotatable bonds is 5. The number of aliphatic hydroxyl groups excluding tert-OH is 2. The van der Waals surface area contributed by atoms with Gasteiger partial charge in [0.1, 0.15) is 4.90 Å². The molecule has 0 fully saturated rings. The monoisotopic (exact) mass is 434 g/mol. The van der Waals surface area contributed by atoms with E-state index >= 15 is 0 Å². The Morgan fingerprint density at radius 3 is 1.76 bits per heavy atom. The van der Waals surface area contributed by atoms with Crippen molar-refractivity contribution < 1.29 is 40.8 Å². The molecular weight excluding hydrogens is 413 g/mol. The lowest BCUT2D eigenvalue weighted by Gasteiger charge is -2.23. The molecule has 0 aromatic heterocycles. The predicted octanol–water partition coefficient (Wildman–Crippen LogP) is 3.16. The Kier molecular flexibility index (Phi) is 8.80. The fourth-order valence-corrected chi connectivity index (χ4v) is 2.80. The van der Waals surface area contributed by atoms with Gasteiger partial charge in [0.15, 0.2) is 6.10 Å². The van der Waals surface area contributed by atoms with Crippen molar-refractivity contribution in [1.82, 2.24) is 0 Å². The molecule has 2 N–H and O–H groups in total. The molecule has 2 aromatic carbocycles. The molecule has 0 saturated heterocycles. The highest BCUT2D eigenvalue weighted by molar-refractivity contribution is 7.87. The first-order valence-electron chi connectivity index (χ1n) is 8.38. The van der Waals surface area contributed by atoms with Crippen LogP contribution in [0.25, 0.3) is 0 Å². The molecule has 3 unspecified atom stereocenters. The van der Waals surface area contributed by atoms with Gasteiger partial charge in [-0.3, -0.25) is 0 Å². The molecule has 0 radical (unpaired) electrons. The predicted molar refractivity (Wildman–Crippen MR) is 98.4 cm³/mol. The molecule has 0 aliphatic rings. The second kappa shape index (κ2) is 10.4. The quantitative estimate of drug-likeness (QED) is 0.701. The van der Waals surface area contributed by atoms with Gasteiger partial charge in [0.2, 0.25) is 0 Å². The van der Waals surface area contributed by atoms with Crippen LogP contribution in [0.1, 0.15) is 24.2 Å². The average Bonchev–Trinajstić information content (AvgIpc) is 2.67. The van der Waals surface area contributed by atoms with E-state index in [1.807, 2.05) is 0 Å². The Bertz CT molecular complexity index is 868. The molecule has 0 saturated carbocycles. The van der Waals surface area contributed by atoms with Crippen LogP contribution in [0.5, 0.6) is 0 Å². The third-order valence-corrected chi connectivity index (χ3v) is 5.04. The standard InChI is InChI=1S/C13H10O4S.C6H11F3O2/c14-13(11-7-3-1-4-8-11)17-18(15,16)12-9-5-2-6-10-12;1-3(4(2)10)5(11)6(7,8)9/h1-10H;3-5,10-11H,1-2H3. The molecule has 2 aromatic rings. The first kappa shape index (κ1) is 24.6. The van der Waals surface area contributed by atoms with Gasteiger partial charge < -0.3 is 14.4 Å². The summed E-state index contributed by atoms with van der Waals surface area (Å²) in [5.41, 5.74) is 0.192. The Balaban J connectivity index is 0.000000331. The van der Waals surface area contributed by atoms with Crippen molar-refractivity contribution in [3.05, 3.63) is 66.2 Å². The fourth-order valence-electron chi connectivity index (χ4n) is 1.92. The van der Waals surface area contributed by atoms with E-state index in [9.17, 15) is 26.4 Å². The van der Waals surface area contributed by atoms with Crippen molar-refractivity contribution in [1.29, 1.82) is 0 Å². The highest BCUT2D eigenvalue weighted by Gasteiger charge is 2.43. The van der Waals surface area contributed by atoms with E-state index in [2.05, 4.69) is 4.18 Å². The molecule has 0 bridgehead atoms. The topological polar surface area (TPSA) is 101 Å². The molecule has 0 heterocycles. The molecule has 6 nitrogen and oxygen atoms in total. The maximum absolute atomic E-state index is 11.8. The highest BCUT2D eigenvalue weighted by Crippen LogP contribution is 2.26. The summed E-state index contributed by atoms with van der Waals surface area (Å²) in [5, 5.41) is 17.2. The molecule has 0 amide bonds. The van der Waals surface area contributed by atoms with Gasteiger partial charge in [-0.15, -0.1) is 0 Å². The zero-order valence-corrected chi connectivity index (χ0v) is 16.4. The summed E-state index contributed by atoms with van der Waals surface area (Å²) < 4.78 is 63.2. The number of halogens is 3. The third kappa shape index (κ3) is 7.84. The van der Waals surface area contributed by atoms with Crippen LogP contribution in [0.2, 0.25) is 0 Å². The van der Waals surface area contributed by atoms with Crippen LogP contribution >= 0.6 is 0 Å². The van der Waals surface area contributed by atoms with Crippen molar-refractivity contribution >= 4 is 16.1 Å². The summed E-state index contributed by atoms with van der Waals surface area (Å²) in [5.74, 6) is -2.07. The molecule has 0 aliphatic heterocycles. The van der Waals surface area contributed by atoms with Gasteiger partial charge in [-0.2, -0.15) is 21.6 Å². The van der Waals surface area contributed by atoms with Gasteiger partial charge in [-0.1, -0.05) is 43.3 Å². The number of aliphatic hydroxyl groups is 2. The van der Waals surface area contributed by atoms with E-state index in [-0.39, 0.29) is 10.5 Å². The molecule has 160 valence electrons. The van der Waals surface area contributed by atoms with Gasteiger partial charge in [0.05, 0.1) is 11.7 Å². The fraction of sp³-hybridized carbons (Fsp3) is 0.316. The lowest BCUT2D eigenvalue weighted by molar-refractivity contribution is -0.225. The van der Waals surface area contributed by atoms with E-state index in [0.717, 1.165) is 6.92 Å². The minimum absolute atomic E-state index is 0.0470. The minimum atomic E-state index is -4.64. The third-order valence-electron chi connectivity index (χ3n) is 3.82. The van der Waals surface area contributed by atoms with Crippen LogP contribution in [0.4, 0.5) is 13.2 Å². The summed E-state index contributed by atoms with van der Waals surface area (Å²) in [7, 11) is -4.06. The Morgan fingerprint density at radius 1 is 0.931 bits per heavy atom. The summed E-state index contributed by atoms with van der Waals surface area (Å²) in [6.45, 7) is 2.35. The van der Waals surface area contributed by atoms with Crippen LogP contribution in [0.15, 0.2) is 65.6 Å². The Labute approximate surface area is 166 Å². The van der Waals surface area contributed by atoms with Gasteiger partial charge in [-0.25, -0.2) is 4.79 Å². The zero-order valence-electron chi connectivity index (χ0n) is 15.6. The summed E-state index contributed by atoms with van der Waals surface area (Å²) in [4.78, 5) is 11.6. The van der Waals surface area contributed by atoms with E-state index in [1.165, 1.54) is 31.2 Å². The number of hydrogen-bond donors (Lipinski definition) is 2. The number of hydrogen-bond acceptors (Lipinski definition) is 6. The molecule has 0 aliphatic carbocycles. The second-order valence-corrected chi connectivity index (χ2v) is 7.64. The van der Waals surface area contributed by atoms with Crippen molar-refractivity contribution in [2.75, 3.05) is 0 Å². The molecule has 3 atom stereocenters. The lowest BCUT2D eigenvalue weighted by Crippen LogP contribution is -2.39. The number of alkyl halides is 3. The maximum Gasteiger partial charge on any atom is 0.414 e. The second-order valence-electron chi connectivity index (χ2n) is 6.09. The normalized spacial score (nSPS) is 14.7. The Morgan fingerprint density at radius 2 is 1.38 bits per heavy atom. The van der Waals surface area contributed by atoms with E-state index in [4.69, 9.17) is 10.2 Å². The molecule has 2 rings (SSSR count). The molecular formula is C19H21F3O6S. The largest absolute Gasteiger partial charge is 0.414 e. The van der Waals surface area contributed by atoms with Crippen LogP contribution in [-0.2, 0) is 14.3 Å². The summed E-state index contributed by atoms with van der Waals surface area (Å²) in [6.07, 6.45) is -8.25. The SMILES string of the molecule is CC(O)C(C)C(O)C(F)(F)F.O=C(OS(=O)(=O)c1ccccc1)c1ccccc1. The van der Waals surface area contributed by atoms with Crippen molar-refractivity contribution in [2.45, 2.75) is 37.1 Å². The van der Waals surface area contributed by atoms with E-state index < -0.39 is 40.4 Å². The van der Waals surface area contributed by atoms with Crippen LogP contribution in [0.3, 0.4) is 0 Å². The molecule has 29 heavy (non-hydrogen) atoms. The van der Waals surface area contributed by atoms with Crippen LogP contribution in [0, 0.1) is 5.92 Å². The average molecular weight is 434 g/mol. The summed E-state index contributed by atoms with van der Waals surface area (Å²) in [6, 6.07) is 15.5. The summed E-state index contributed by atoms with van der Waals surface area (Å²) >= 11 is 0. The smallest absolute Gasteiger partial charge is 0.393 e. The van der Waals surface area contributed by atoms with E-state index in [1.54, 1.807) is 36.4 Å². The van der Waals surface area contributed by atoms with Crippen LogP contribution < -0.4 is 0 Å². The number of carbonyl (C=O) groups excluding carboxylic acids is 1. The van der Waals surface area contributed by atoms with Crippen molar-refractivity contribution in [3.63, 3.8) is 0 Å². The maximum atomic E-state index is 11.8.